The van der Waals surface area contributed by atoms with Gasteiger partial charge in [0.2, 0.25) is 5.78 Å². The zero-order valence-corrected chi connectivity index (χ0v) is 8.73. The minimum absolute atomic E-state index is 0.211. The molecule has 0 N–H and O–H groups in total. The van der Waals surface area contributed by atoms with Crippen molar-refractivity contribution >= 4 is 11.8 Å². The van der Waals surface area contributed by atoms with Gasteiger partial charge in [-0.1, -0.05) is 30.3 Å². The summed E-state index contributed by atoms with van der Waals surface area (Å²) in [6.45, 7) is 1.93. The molecule has 0 saturated carbocycles. The van der Waals surface area contributed by atoms with E-state index in [0.29, 0.717) is 6.42 Å². The Bertz CT molecular complexity index is 330. The number of hydrogen-bond donors (Lipinski definition) is 0. The molecule has 0 atom stereocenters. The molecule has 0 fully saturated rings. The second-order valence-electron chi connectivity index (χ2n) is 3.13. The van der Waals surface area contributed by atoms with Crippen LogP contribution in [0, 0.1) is 0 Å². The molecule has 0 saturated heterocycles. The molecule has 0 aliphatic heterocycles. The molecule has 0 bridgehead atoms. The van der Waals surface area contributed by atoms with Crippen molar-refractivity contribution in [1.82, 2.24) is 0 Å². The summed E-state index contributed by atoms with van der Waals surface area (Å²) >= 11 is 0. The van der Waals surface area contributed by atoms with E-state index in [-0.39, 0.29) is 13.0 Å². The molecular formula is C12H14O3. The quantitative estimate of drug-likeness (QED) is 0.544. The van der Waals surface area contributed by atoms with E-state index in [0.717, 1.165) is 5.56 Å². The summed E-state index contributed by atoms with van der Waals surface area (Å²) in [4.78, 5) is 22.2. The van der Waals surface area contributed by atoms with Crippen LogP contribution in [0.2, 0.25) is 0 Å². The van der Waals surface area contributed by atoms with Crippen LogP contribution in [0.5, 0.6) is 0 Å². The fourth-order valence-electron chi connectivity index (χ4n) is 1.22. The van der Waals surface area contributed by atoms with Gasteiger partial charge in [0.1, 0.15) is 0 Å². The number of carbonyl (C=O) groups excluding carboxylic acids is 2. The first-order valence-corrected chi connectivity index (χ1v) is 4.98. The standard InChI is InChI=1S/C12H14O3/c1-2-15-12(14)11(13)9-8-10-6-4-3-5-7-10/h3-7H,2,8-9H2,1H3. The Labute approximate surface area is 89.1 Å². The molecule has 0 unspecified atom stereocenters. The van der Waals surface area contributed by atoms with E-state index in [2.05, 4.69) is 4.74 Å². The van der Waals surface area contributed by atoms with Gasteiger partial charge in [-0.05, 0) is 18.9 Å². The zero-order valence-electron chi connectivity index (χ0n) is 8.73. The van der Waals surface area contributed by atoms with E-state index in [1.54, 1.807) is 6.92 Å². The molecular weight excluding hydrogens is 192 g/mol. The predicted octanol–water partition coefficient (Wildman–Crippen LogP) is 1.75. The number of ketones is 1. The highest BCUT2D eigenvalue weighted by Gasteiger charge is 2.13. The van der Waals surface area contributed by atoms with Crippen LogP contribution in [-0.4, -0.2) is 18.4 Å². The number of esters is 1. The van der Waals surface area contributed by atoms with Gasteiger partial charge in [-0.25, -0.2) is 4.79 Å². The highest BCUT2D eigenvalue weighted by atomic mass is 16.5. The first kappa shape index (κ1) is 11.4. The highest BCUT2D eigenvalue weighted by molar-refractivity contribution is 6.33. The van der Waals surface area contributed by atoms with Gasteiger partial charge in [0.05, 0.1) is 6.61 Å². The number of benzene rings is 1. The van der Waals surface area contributed by atoms with Crippen molar-refractivity contribution in [2.45, 2.75) is 19.8 Å². The number of Topliss-reactive ketones (excluding diaryl/α,β-unsaturated/α-hetero) is 1. The van der Waals surface area contributed by atoms with Gasteiger partial charge in [-0.2, -0.15) is 0 Å². The monoisotopic (exact) mass is 206 g/mol. The second kappa shape index (κ2) is 5.96. The maximum atomic E-state index is 11.2. The average Bonchev–Trinajstić information content (AvgIpc) is 2.27. The molecule has 1 rings (SSSR count). The lowest BCUT2D eigenvalue weighted by molar-refractivity contribution is -0.153. The molecule has 0 spiro atoms. The topological polar surface area (TPSA) is 43.4 Å². The summed E-state index contributed by atoms with van der Waals surface area (Å²) < 4.78 is 4.60. The number of aryl methyl sites for hydroxylation is 1. The van der Waals surface area contributed by atoms with Crippen LogP contribution in [0.3, 0.4) is 0 Å². The van der Waals surface area contributed by atoms with Crippen molar-refractivity contribution in [3.8, 4) is 0 Å². The Hall–Kier alpha value is -1.64. The molecule has 1 aromatic carbocycles. The van der Waals surface area contributed by atoms with E-state index >= 15 is 0 Å². The molecule has 3 nitrogen and oxygen atoms in total. The van der Waals surface area contributed by atoms with Crippen LogP contribution in [-0.2, 0) is 20.7 Å². The summed E-state index contributed by atoms with van der Waals surface area (Å²) in [5.74, 6) is -1.19. The smallest absolute Gasteiger partial charge is 0.374 e. The average molecular weight is 206 g/mol. The Morgan fingerprint density at radius 3 is 2.47 bits per heavy atom. The van der Waals surface area contributed by atoms with Crippen molar-refractivity contribution in [2.75, 3.05) is 6.61 Å². The maximum absolute atomic E-state index is 11.2. The third-order valence-electron chi connectivity index (χ3n) is 1.99. The van der Waals surface area contributed by atoms with Gasteiger partial charge >= 0.3 is 5.97 Å². The largest absolute Gasteiger partial charge is 0.460 e. The van der Waals surface area contributed by atoms with E-state index in [1.165, 1.54) is 0 Å². The summed E-state index contributed by atoms with van der Waals surface area (Å²) in [6, 6.07) is 9.59. The second-order valence-corrected chi connectivity index (χ2v) is 3.13. The van der Waals surface area contributed by atoms with Crippen molar-refractivity contribution in [3.05, 3.63) is 35.9 Å². The van der Waals surface area contributed by atoms with Crippen molar-refractivity contribution in [2.24, 2.45) is 0 Å². The zero-order chi connectivity index (χ0) is 11.1. The number of rotatable bonds is 5. The molecule has 0 aliphatic rings. The van der Waals surface area contributed by atoms with E-state index in [9.17, 15) is 9.59 Å². The van der Waals surface area contributed by atoms with Gasteiger partial charge in [-0.3, -0.25) is 4.79 Å². The third-order valence-corrected chi connectivity index (χ3v) is 1.99. The van der Waals surface area contributed by atoms with E-state index in [1.807, 2.05) is 30.3 Å². The fourth-order valence-corrected chi connectivity index (χ4v) is 1.22. The number of carbonyl (C=O) groups is 2. The van der Waals surface area contributed by atoms with Crippen LogP contribution in [0.15, 0.2) is 30.3 Å². The van der Waals surface area contributed by atoms with Gasteiger partial charge < -0.3 is 4.74 Å². The highest BCUT2D eigenvalue weighted by Crippen LogP contribution is 2.03. The van der Waals surface area contributed by atoms with Crippen LogP contribution in [0.4, 0.5) is 0 Å². The van der Waals surface area contributed by atoms with Crippen LogP contribution in [0.25, 0.3) is 0 Å². The lowest BCUT2D eigenvalue weighted by Crippen LogP contribution is -2.17. The minimum atomic E-state index is -0.728. The molecule has 0 radical (unpaired) electrons. The molecule has 0 amide bonds. The van der Waals surface area contributed by atoms with Crippen molar-refractivity contribution in [1.29, 1.82) is 0 Å². The summed E-state index contributed by atoms with van der Waals surface area (Å²) in [6.07, 6.45) is 0.793. The first-order valence-electron chi connectivity index (χ1n) is 4.98. The van der Waals surface area contributed by atoms with Crippen molar-refractivity contribution < 1.29 is 14.3 Å². The van der Waals surface area contributed by atoms with Crippen molar-refractivity contribution in [3.63, 3.8) is 0 Å². The molecule has 3 heteroatoms. The molecule has 1 aromatic rings. The Balaban J connectivity index is 2.38. The minimum Gasteiger partial charge on any atom is -0.460 e. The Morgan fingerprint density at radius 2 is 1.87 bits per heavy atom. The van der Waals surface area contributed by atoms with Crippen LogP contribution in [0.1, 0.15) is 18.9 Å². The van der Waals surface area contributed by atoms with Gasteiger partial charge in [0.15, 0.2) is 0 Å². The normalized spacial score (nSPS) is 9.67. The Morgan fingerprint density at radius 1 is 1.20 bits per heavy atom. The van der Waals surface area contributed by atoms with Crippen LogP contribution < -0.4 is 0 Å². The number of hydrogen-bond acceptors (Lipinski definition) is 3. The fraction of sp³-hybridized carbons (Fsp3) is 0.333. The summed E-state index contributed by atoms with van der Waals surface area (Å²) in [5.41, 5.74) is 1.05. The lowest BCUT2D eigenvalue weighted by atomic mass is 10.1. The van der Waals surface area contributed by atoms with E-state index < -0.39 is 11.8 Å². The number of ether oxygens (including phenoxy) is 1. The third kappa shape index (κ3) is 3.94. The first-order chi connectivity index (χ1) is 7.24. The Kier molecular flexibility index (Phi) is 4.54. The van der Waals surface area contributed by atoms with Crippen LogP contribution >= 0.6 is 0 Å². The molecule has 0 aliphatic carbocycles. The van der Waals surface area contributed by atoms with Gasteiger partial charge in [-0.15, -0.1) is 0 Å². The SMILES string of the molecule is CCOC(=O)C(=O)CCc1ccccc1. The molecule has 15 heavy (non-hydrogen) atoms. The predicted molar refractivity (Wildman–Crippen MR) is 56.4 cm³/mol. The van der Waals surface area contributed by atoms with Gasteiger partial charge in [0, 0.05) is 6.42 Å². The van der Waals surface area contributed by atoms with Gasteiger partial charge in [0.25, 0.3) is 0 Å². The molecule has 0 aromatic heterocycles. The maximum Gasteiger partial charge on any atom is 0.374 e. The summed E-state index contributed by atoms with van der Waals surface area (Å²) in [7, 11) is 0. The summed E-state index contributed by atoms with van der Waals surface area (Å²) in [5, 5.41) is 0. The van der Waals surface area contributed by atoms with E-state index in [4.69, 9.17) is 0 Å². The lowest BCUT2D eigenvalue weighted by Gasteiger charge is -2.01. The molecule has 80 valence electrons. The molecule has 0 heterocycles.